The summed E-state index contributed by atoms with van der Waals surface area (Å²) < 4.78 is 0. The summed E-state index contributed by atoms with van der Waals surface area (Å²) >= 11 is 0. The summed E-state index contributed by atoms with van der Waals surface area (Å²) in [6, 6.07) is 1.44. The first-order valence-corrected chi connectivity index (χ1v) is 13.9. The Morgan fingerprint density at radius 1 is 1.20 bits per heavy atom. The maximum atomic E-state index is 10.9. The van der Waals surface area contributed by atoms with Gasteiger partial charge in [-0.25, -0.2) is 0 Å². The highest BCUT2D eigenvalue weighted by Crippen LogP contribution is 2.66. The summed E-state index contributed by atoms with van der Waals surface area (Å²) in [6.07, 6.45) is 6.32. The molecular weight excluding hydrogens is 280 g/mol. The zero-order valence-corrected chi connectivity index (χ0v) is 16.4. The lowest BCUT2D eigenvalue weighted by Crippen LogP contribution is -2.43. The third-order valence-corrected chi connectivity index (χ3v) is 10.9. The molecule has 1 N–H and O–H groups in total. The van der Waals surface area contributed by atoms with Crippen LogP contribution in [0.4, 0.5) is 0 Å². The predicted molar refractivity (Wildman–Crippen MR) is 95.3 cm³/mol. The molecule has 2 aliphatic carbocycles. The molecule has 2 saturated carbocycles. The molecule has 0 aromatic heterocycles. The van der Waals surface area contributed by atoms with E-state index in [0.717, 1.165) is 5.92 Å². The smallest absolute Gasteiger partial charge is 0.147 e. The van der Waals surface area contributed by atoms with E-state index in [9.17, 15) is 5.11 Å². The van der Waals surface area contributed by atoms with Crippen LogP contribution in [0.1, 0.15) is 40.0 Å². The van der Waals surface area contributed by atoms with Crippen molar-refractivity contribution in [3.63, 3.8) is 0 Å². The predicted octanol–water partition coefficient (Wildman–Crippen LogP) is 4.15. The van der Waals surface area contributed by atoms with E-state index in [1.807, 2.05) is 0 Å². The average Bonchev–Trinajstić information content (AvgIpc) is 2.59. The van der Waals surface area contributed by atoms with Gasteiger partial charge < -0.3 is 5.11 Å². The molecule has 0 aromatic carbocycles. The van der Waals surface area contributed by atoms with Crippen LogP contribution in [0.3, 0.4) is 0 Å². The van der Waals surface area contributed by atoms with E-state index < -0.39 is 8.07 Å². The fourth-order valence-electron chi connectivity index (χ4n) is 4.72. The maximum Gasteiger partial charge on any atom is 0.147 e. The van der Waals surface area contributed by atoms with Gasteiger partial charge in [0.05, 0.1) is 6.26 Å². The SMILES string of the molecule is C[S+](CCC[Si](C)(C)C)[C@@H]1[C@H]2CC[C@@](C)([C@@H]1O)C2(C)C. The first-order chi connectivity index (χ1) is 9.01. The molecule has 20 heavy (non-hydrogen) atoms. The summed E-state index contributed by atoms with van der Waals surface area (Å²) in [4.78, 5) is 0. The van der Waals surface area contributed by atoms with Gasteiger partial charge in [0.1, 0.15) is 17.1 Å². The molecule has 2 aliphatic rings. The first-order valence-electron chi connectivity index (χ1n) is 8.30. The monoisotopic (exact) mass is 315 g/mol. The largest absolute Gasteiger partial charge is 0.387 e. The van der Waals surface area contributed by atoms with E-state index in [1.54, 1.807) is 0 Å². The van der Waals surface area contributed by atoms with Crippen molar-refractivity contribution >= 4 is 19.0 Å². The minimum absolute atomic E-state index is 0.0588. The van der Waals surface area contributed by atoms with E-state index in [4.69, 9.17) is 0 Å². The van der Waals surface area contributed by atoms with Crippen molar-refractivity contribution in [2.75, 3.05) is 12.0 Å². The third kappa shape index (κ3) is 2.63. The molecule has 0 aromatic rings. The van der Waals surface area contributed by atoms with E-state index >= 15 is 0 Å². The van der Waals surface area contributed by atoms with Crippen LogP contribution in [0.15, 0.2) is 0 Å². The molecule has 0 heterocycles. The molecule has 0 radical (unpaired) electrons. The van der Waals surface area contributed by atoms with Gasteiger partial charge in [0.2, 0.25) is 0 Å². The molecule has 1 unspecified atom stereocenters. The Hall–Kier alpha value is 0.527. The Kier molecular flexibility index (Phi) is 4.48. The van der Waals surface area contributed by atoms with Gasteiger partial charge in [-0.05, 0) is 35.6 Å². The molecule has 0 aliphatic heterocycles. The fourth-order valence-corrected chi connectivity index (χ4v) is 8.86. The van der Waals surface area contributed by atoms with Crippen molar-refractivity contribution in [2.45, 2.75) is 77.1 Å². The second-order valence-electron chi connectivity index (χ2n) is 9.25. The summed E-state index contributed by atoms with van der Waals surface area (Å²) in [7, 11) is -0.508. The van der Waals surface area contributed by atoms with Gasteiger partial charge in [-0.2, -0.15) is 0 Å². The van der Waals surface area contributed by atoms with Crippen LogP contribution in [0, 0.1) is 16.7 Å². The molecule has 0 amide bonds. The Bertz CT molecular complexity index is 362. The van der Waals surface area contributed by atoms with Gasteiger partial charge in [-0.1, -0.05) is 46.5 Å². The molecular formula is C17H35OSSi+. The first kappa shape index (κ1) is 16.9. The molecule has 0 saturated heterocycles. The number of aliphatic hydroxyl groups excluding tert-OH is 1. The van der Waals surface area contributed by atoms with E-state index in [0.29, 0.717) is 21.6 Å². The van der Waals surface area contributed by atoms with Crippen molar-refractivity contribution in [2.24, 2.45) is 16.7 Å². The van der Waals surface area contributed by atoms with Crippen molar-refractivity contribution < 1.29 is 5.11 Å². The van der Waals surface area contributed by atoms with E-state index in [1.165, 1.54) is 31.1 Å². The van der Waals surface area contributed by atoms with Gasteiger partial charge >= 0.3 is 0 Å². The lowest BCUT2D eigenvalue weighted by molar-refractivity contribution is 0.0145. The maximum absolute atomic E-state index is 10.9. The zero-order valence-electron chi connectivity index (χ0n) is 14.6. The summed E-state index contributed by atoms with van der Waals surface area (Å²) in [5, 5.41) is 11.5. The standard InChI is InChI=1S/C17H35OSSi/c1-16(2)13-9-10-17(16,3)15(18)14(13)19(4)11-8-12-20(5,6)7/h13-15,18H,8-12H2,1-7H3/q+1/t13-,14-,15-,17+,19?/m1/s1. The van der Waals surface area contributed by atoms with Crippen molar-refractivity contribution in [1.82, 2.24) is 0 Å². The second-order valence-corrected chi connectivity index (χ2v) is 17.2. The summed E-state index contributed by atoms with van der Waals surface area (Å²) in [6.45, 7) is 14.6. The van der Waals surface area contributed by atoms with E-state index in [2.05, 4.69) is 46.7 Å². The molecule has 2 fully saturated rings. The van der Waals surface area contributed by atoms with Crippen molar-refractivity contribution in [1.29, 1.82) is 0 Å². The Balaban J connectivity index is 2.00. The number of hydrogen-bond donors (Lipinski definition) is 1. The zero-order chi connectivity index (χ0) is 15.3. The Morgan fingerprint density at radius 3 is 2.25 bits per heavy atom. The molecule has 2 bridgehead atoms. The summed E-state index contributed by atoms with van der Waals surface area (Å²) in [5.74, 6) is 2.09. The molecule has 2 rings (SSSR count). The number of fused-ring (bicyclic) bond motifs is 2. The van der Waals surface area contributed by atoms with Crippen molar-refractivity contribution in [3.05, 3.63) is 0 Å². The second kappa shape index (κ2) is 5.31. The van der Waals surface area contributed by atoms with Gasteiger partial charge in [-0.15, -0.1) is 0 Å². The average molecular weight is 316 g/mol. The highest BCUT2D eigenvalue weighted by molar-refractivity contribution is 7.96. The molecule has 118 valence electrons. The molecule has 5 atom stereocenters. The number of rotatable bonds is 5. The fraction of sp³-hybridized carbons (Fsp3) is 1.00. The minimum atomic E-state index is -0.898. The van der Waals surface area contributed by atoms with Gasteiger partial charge in [0, 0.05) is 19.4 Å². The van der Waals surface area contributed by atoms with Gasteiger partial charge in [0.15, 0.2) is 0 Å². The van der Waals surface area contributed by atoms with E-state index in [-0.39, 0.29) is 11.5 Å². The van der Waals surface area contributed by atoms with Crippen molar-refractivity contribution in [3.8, 4) is 0 Å². The quantitative estimate of drug-likeness (QED) is 0.597. The highest BCUT2D eigenvalue weighted by Gasteiger charge is 2.69. The molecule has 0 spiro atoms. The van der Waals surface area contributed by atoms with Crippen LogP contribution in [0.5, 0.6) is 0 Å². The van der Waals surface area contributed by atoms with Crippen LogP contribution >= 0.6 is 0 Å². The third-order valence-electron chi connectivity index (χ3n) is 6.59. The summed E-state index contributed by atoms with van der Waals surface area (Å²) in [5.41, 5.74) is 0.499. The van der Waals surface area contributed by atoms with Crippen LogP contribution < -0.4 is 0 Å². The van der Waals surface area contributed by atoms with Gasteiger partial charge in [-0.3, -0.25) is 0 Å². The topological polar surface area (TPSA) is 20.2 Å². The number of hydrogen-bond acceptors (Lipinski definition) is 1. The lowest BCUT2D eigenvalue weighted by atomic mass is 9.70. The normalized spacial score (nSPS) is 41.1. The van der Waals surface area contributed by atoms with Crippen LogP contribution in [0.2, 0.25) is 25.7 Å². The van der Waals surface area contributed by atoms with Crippen LogP contribution in [-0.4, -0.2) is 36.5 Å². The highest BCUT2D eigenvalue weighted by atomic mass is 32.2. The lowest BCUT2D eigenvalue weighted by Gasteiger charge is -2.36. The molecule has 3 heteroatoms. The molecule has 1 nitrogen and oxygen atoms in total. The van der Waals surface area contributed by atoms with Crippen LogP contribution in [-0.2, 0) is 10.9 Å². The Labute approximate surface area is 130 Å². The minimum Gasteiger partial charge on any atom is -0.387 e. The van der Waals surface area contributed by atoms with Gasteiger partial charge in [0.25, 0.3) is 0 Å². The van der Waals surface area contributed by atoms with Crippen LogP contribution in [0.25, 0.3) is 0 Å². The number of aliphatic hydroxyl groups is 1. The Morgan fingerprint density at radius 2 is 1.80 bits per heavy atom.